The zero-order valence-electron chi connectivity index (χ0n) is 12.3. The van der Waals surface area contributed by atoms with Gasteiger partial charge in [0.1, 0.15) is 0 Å². The molecule has 2 N–H and O–H groups in total. The van der Waals surface area contributed by atoms with Crippen LogP contribution in [-0.4, -0.2) is 65.2 Å². The van der Waals surface area contributed by atoms with Crippen molar-refractivity contribution in [1.82, 2.24) is 15.1 Å². The lowest BCUT2D eigenvalue weighted by Crippen LogP contribution is -2.46. The Labute approximate surface area is 120 Å². The summed E-state index contributed by atoms with van der Waals surface area (Å²) in [5, 5.41) is 12.1. The van der Waals surface area contributed by atoms with Gasteiger partial charge in [0.05, 0.1) is 5.92 Å². The number of aliphatic carboxylic acids is 1. The average molecular weight is 283 g/mol. The van der Waals surface area contributed by atoms with E-state index in [2.05, 4.69) is 24.1 Å². The Bertz CT molecular complexity index is 371. The van der Waals surface area contributed by atoms with Crippen LogP contribution in [0.2, 0.25) is 0 Å². The minimum Gasteiger partial charge on any atom is -0.481 e. The monoisotopic (exact) mass is 283 g/mol. The molecule has 0 radical (unpaired) electrons. The van der Waals surface area contributed by atoms with Gasteiger partial charge in [-0.25, -0.2) is 4.79 Å². The molecule has 2 saturated heterocycles. The van der Waals surface area contributed by atoms with Gasteiger partial charge in [0.25, 0.3) is 0 Å². The molecule has 2 rings (SSSR count). The topological polar surface area (TPSA) is 72.9 Å². The van der Waals surface area contributed by atoms with Gasteiger partial charge in [-0.15, -0.1) is 0 Å². The number of rotatable bonds is 6. The SMILES string of the molecule is CCN(CC)CCNC(=O)N1C2CCC1C(C(=O)O)C2. The van der Waals surface area contributed by atoms with Crippen LogP contribution in [0, 0.1) is 5.92 Å². The number of carbonyl (C=O) groups excluding carboxylic acids is 1. The maximum absolute atomic E-state index is 12.2. The summed E-state index contributed by atoms with van der Waals surface area (Å²) < 4.78 is 0. The van der Waals surface area contributed by atoms with Gasteiger partial charge in [-0.05, 0) is 32.4 Å². The standard InChI is InChI=1S/C14H25N3O3/c1-3-16(4-2)8-7-15-14(20)17-10-5-6-12(17)11(9-10)13(18)19/h10-12H,3-9H2,1-2H3,(H,15,20)(H,18,19). The molecule has 3 unspecified atom stereocenters. The Morgan fingerprint density at radius 3 is 2.55 bits per heavy atom. The Kier molecular flexibility index (Phi) is 4.86. The lowest BCUT2D eigenvalue weighted by Gasteiger charge is -2.24. The van der Waals surface area contributed by atoms with Crippen LogP contribution in [0.4, 0.5) is 4.79 Å². The molecule has 20 heavy (non-hydrogen) atoms. The van der Waals surface area contributed by atoms with Gasteiger partial charge in [0.15, 0.2) is 0 Å². The third-order valence-corrected chi connectivity index (χ3v) is 4.69. The number of amides is 2. The highest BCUT2D eigenvalue weighted by Crippen LogP contribution is 2.41. The first-order chi connectivity index (χ1) is 9.58. The maximum atomic E-state index is 12.2. The van der Waals surface area contributed by atoms with Gasteiger partial charge in [0, 0.05) is 25.2 Å². The first kappa shape index (κ1) is 15.1. The lowest BCUT2D eigenvalue weighted by atomic mass is 9.89. The summed E-state index contributed by atoms with van der Waals surface area (Å²) in [7, 11) is 0. The lowest BCUT2D eigenvalue weighted by molar-refractivity contribution is -0.142. The van der Waals surface area contributed by atoms with E-state index in [1.807, 2.05) is 0 Å². The summed E-state index contributed by atoms with van der Waals surface area (Å²) in [6.45, 7) is 7.61. The fourth-order valence-electron chi connectivity index (χ4n) is 3.52. The molecule has 0 aliphatic carbocycles. The van der Waals surface area contributed by atoms with E-state index in [1.165, 1.54) is 0 Å². The largest absolute Gasteiger partial charge is 0.481 e. The van der Waals surface area contributed by atoms with Crippen LogP contribution in [0.5, 0.6) is 0 Å². The Morgan fingerprint density at radius 2 is 2.00 bits per heavy atom. The minimum absolute atomic E-state index is 0.0894. The molecule has 0 spiro atoms. The van der Waals surface area contributed by atoms with E-state index in [4.69, 9.17) is 0 Å². The van der Waals surface area contributed by atoms with Crippen LogP contribution in [0.25, 0.3) is 0 Å². The molecule has 0 saturated carbocycles. The normalized spacial score (nSPS) is 28.1. The zero-order valence-corrected chi connectivity index (χ0v) is 12.3. The van der Waals surface area contributed by atoms with Crippen LogP contribution in [0.3, 0.4) is 0 Å². The van der Waals surface area contributed by atoms with Crippen molar-refractivity contribution in [3.8, 4) is 0 Å². The number of carboxylic acid groups (broad SMARTS) is 1. The van der Waals surface area contributed by atoms with Crippen molar-refractivity contribution in [1.29, 1.82) is 0 Å². The minimum atomic E-state index is -0.766. The van der Waals surface area contributed by atoms with Crippen LogP contribution < -0.4 is 5.32 Å². The van der Waals surface area contributed by atoms with Gasteiger partial charge >= 0.3 is 12.0 Å². The van der Waals surface area contributed by atoms with Crippen LogP contribution >= 0.6 is 0 Å². The van der Waals surface area contributed by atoms with Gasteiger partial charge in [-0.1, -0.05) is 13.8 Å². The molecule has 2 aliphatic heterocycles. The van der Waals surface area contributed by atoms with Crippen molar-refractivity contribution in [2.45, 2.75) is 45.2 Å². The third kappa shape index (κ3) is 2.90. The van der Waals surface area contributed by atoms with E-state index in [0.29, 0.717) is 13.0 Å². The number of carbonyl (C=O) groups is 2. The smallest absolute Gasteiger partial charge is 0.317 e. The summed E-state index contributed by atoms with van der Waals surface area (Å²) in [4.78, 5) is 27.4. The molecule has 2 fully saturated rings. The first-order valence-corrected chi connectivity index (χ1v) is 7.59. The number of nitrogens with one attached hydrogen (secondary N) is 1. The Hall–Kier alpha value is -1.30. The number of nitrogens with zero attached hydrogens (tertiary/aromatic N) is 2. The number of fused-ring (bicyclic) bond motifs is 2. The third-order valence-electron chi connectivity index (χ3n) is 4.69. The van der Waals surface area contributed by atoms with Crippen molar-refractivity contribution in [3.05, 3.63) is 0 Å². The van der Waals surface area contributed by atoms with Crippen molar-refractivity contribution >= 4 is 12.0 Å². The van der Waals surface area contributed by atoms with Crippen LogP contribution in [-0.2, 0) is 4.79 Å². The molecule has 0 aromatic carbocycles. The van der Waals surface area contributed by atoms with E-state index in [1.54, 1.807) is 4.90 Å². The van der Waals surface area contributed by atoms with Crippen molar-refractivity contribution in [2.75, 3.05) is 26.2 Å². The van der Waals surface area contributed by atoms with E-state index >= 15 is 0 Å². The van der Waals surface area contributed by atoms with Gasteiger partial charge in [-0.2, -0.15) is 0 Å². The maximum Gasteiger partial charge on any atom is 0.317 e. The number of likely N-dealkylation sites (N-methyl/N-ethyl adjacent to an activating group) is 1. The highest BCUT2D eigenvalue weighted by molar-refractivity contribution is 5.79. The number of hydrogen-bond acceptors (Lipinski definition) is 3. The molecule has 2 bridgehead atoms. The van der Waals surface area contributed by atoms with Gasteiger partial charge in [-0.3, -0.25) is 4.79 Å². The van der Waals surface area contributed by atoms with E-state index in [0.717, 1.165) is 32.5 Å². The molecule has 114 valence electrons. The second kappa shape index (κ2) is 6.43. The van der Waals surface area contributed by atoms with E-state index < -0.39 is 5.97 Å². The quantitative estimate of drug-likeness (QED) is 0.762. The Morgan fingerprint density at radius 1 is 1.30 bits per heavy atom. The molecular formula is C14H25N3O3. The molecule has 0 aromatic heterocycles. The van der Waals surface area contributed by atoms with Gasteiger partial charge < -0.3 is 20.2 Å². The Balaban J connectivity index is 1.83. The van der Waals surface area contributed by atoms with Crippen LogP contribution in [0.1, 0.15) is 33.1 Å². The van der Waals surface area contributed by atoms with Crippen molar-refractivity contribution in [2.24, 2.45) is 5.92 Å². The van der Waals surface area contributed by atoms with Crippen molar-refractivity contribution < 1.29 is 14.7 Å². The van der Waals surface area contributed by atoms with E-state index in [-0.39, 0.29) is 24.0 Å². The number of carboxylic acids is 1. The summed E-state index contributed by atoms with van der Waals surface area (Å²) in [6.07, 6.45) is 2.38. The van der Waals surface area contributed by atoms with Crippen LogP contribution in [0.15, 0.2) is 0 Å². The molecular weight excluding hydrogens is 258 g/mol. The summed E-state index contributed by atoms with van der Waals surface area (Å²) in [6, 6.07) is -0.0751. The summed E-state index contributed by atoms with van der Waals surface area (Å²) in [5.41, 5.74) is 0. The highest BCUT2D eigenvalue weighted by Gasteiger charge is 2.51. The zero-order chi connectivity index (χ0) is 14.7. The molecule has 2 aliphatic rings. The van der Waals surface area contributed by atoms with E-state index in [9.17, 15) is 14.7 Å². The molecule has 2 heterocycles. The predicted octanol–water partition coefficient (Wildman–Crippen LogP) is 0.975. The summed E-state index contributed by atoms with van der Waals surface area (Å²) >= 11 is 0. The molecule has 3 atom stereocenters. The highest BCUT2D eigenvalue weighted by atomic mass is 16.4. The van der Waals surface area contributed by atoms with Crippen molar-refractivity contribution in [3.63, 3.8) is 0 Å². The second-order valence-electron chi connectivity index (χ2n) is 5.65. The molecule has 0 aromatic rings. The second-order valence-corrected chi connectivity index (χ2v) is 5.65. The molecule has 6 nitrogen and oxygen atoms in total. The number of urea groups is 1. The van der Waals surface area contributed by atoms with Gasteiger partial charge in [0.2, 0.25) is 0 Å². The predicted molar refractivity (Wildman–Crippen MR) is 75.6 cm³/mol. The molecule has 2 amide bonds. The number of hydrogen-bond donors (Lipinski definition) is 2. The summed E-state index contributed by atoms with van der Waals surface area (Å²) in [5.74, 6) is -1.14. The average Bonchev–Trinajstić information content (AvgIpc) is 3.01. The molecule has 6 heteroatoms. The first-order valence-electron chi connectivity index (χ1n) is 7.59. The fourth-order valence-corrected chi connectivity index (χ4v) is 3.52. The fraction of sp³-hybridized carbons (Fsp3) is 0.857.